The number of carbonyl (C=O) groups excluding carboxylic acids is 1. The molecule has 2 N–H and O–H groups in total. The van der Waals surface area contributed by atoms with Crippen LogP contribution in [0.2, 0.25) is 5.02 Å². The van der Waals surface area contributed by atoms with Gasteiger partial charge in [0.1, 0.15) is 5.82 Å². The number of hydrogen-bond donors (Lipinski definition) is 2. The molecular formula is C13H15ClFNO2. The summed E-state index contributed by atoms with van der Waals surface area (Å²) in [4.78, 5) is 12.0. The Hall–Kier alpha value is -1.13. The van der Waals surface area contributed by atoms with Crippen LogP contribution in [0.5, 0.6) is 0 Å². The van der Waals surface area contributed by atoms with Gasteiger partial charge in [0.25, 0.3) is 5.91 Å². The van der Waals surface area contributed by atoms with Crippen molar-refractivity contribution in [2.24, 2.45) is 0 Å². The van der Waals surface area contributed by atoms with Gasteiger partial charge in [0, 0.05) is 0 Å². The molecule has 1 aromatic carbocycles. The fourth-order valence-corrected chi connectivity index (χ4v) is 2.45. The summed E-state index contributed by atoms with van der Waals surface area (Å²) in [7, 11) is 0. The third-order valence-corrected chi connectivity index (χ3v) is 3.53. The van der Waals surface area contributed by atoms with Crippen LogP contribution in [-0.2, 0) is 0 Å². The monoisotopic (exact) mass is 271 g/mol. The van der Waals surface area contributed by atoms with Crippen LogP contribution in [0, 0.1) is 5.82 Å². The van der Waals surface area contributed by atoms with Crippen LogP contribution >= 0.6 is 11.6 Å². The molecule has 1 fully saturated rings. The quantitative estimate of drug-likeness (QED) is 0.868. The minimum Gasteiger partial charge on any atom is -0.391 e. The lowest BCUT2D eigenvalue weighted by molar-refractivity contribution is 0.0717. The summed E-state index contributed by atoms with van der Waals surface area (Å²) in [5, 5.41) is 12.6. The van der Waals surface area contributed by atoms with E-state index < -0.39 is 11.9 Å². The highest BCUT2D eigenvalue weighted by Crippen LogP contribution is 2.21. The van der Waals surface area contributed by atoms with Crippen molar-refractivity contribution in [3.8, 4) is 0 Å². The van der Waals surface area contributed by atoms with Gasteiger partial charge in [-0.05, 0) is 31.0 Å². The molecule has 18 heavy (non-hydrogen) atoms. The molecule has 0 aliphatic heterocycles. The molecule has 5 heteroatoms. The van der Waals surface area contributed by atoms with E-state index in [-0.39, 0.29) is 22.5 Å². The molecule has 0 spiro atoms. The Kier molecular flexibility index (Phi) is 4.19. The summed E-state index contributed by atoms with van der Waals surface area (Å²) in [5.74, 6) is -0.847. The van der Waals surface area contributed by atoms with E-state index in [1.165, 1.54) is 12.1 Å². The first-order valence-electron chi connectivity index (χ1n) is 6.02. The number of halogens is 2. The van der Waals surface area contributed by atoms with E-state index >= 15 is 0 Å². The van der Waals surface area contributed by atoms with Gasteiger partial charge < -0.3 is 10.4 Å². The highest BCUT2D eigenvalue weighted by atomic mass is 35.5. The smallest absolute Gasteiger partial charge is 0.253 e. The zero-order chi connectivity index (χ0) is 13.1. The molecule has 2 atom stereocenters. The van der Waals surface area contributed by atoms with Crippen molar-refractivity contribution in [2.75, 3.05) is 0 Å². The zero-order valence-corrected chi connectivity index (χ0v) is 10.6. The Balaban J connectivity index is 2.07. The van der Waals surface area contributed by atoms with Crippen LogP contribution in [0.15, 0.2) is 18.2 Å². The number of aliphatic hydroxyl groups is 1. The molecule has 0 heterocycles. The average molecular weight is 272 g/mol. The highest BCUT2D eigenvalue weighted by molar-refractivity contribution is 6.33. The van der Waals surface area contributed by atoms with Crippen molar-refractivity contribution in [1.29, 1.82) is 0 Å². The molecule has 0 aromatic heterocycles. The van der Waals surface area contributed by atoms with Crippen molar-refractivity contribution in [1.82, 2.24) is 5.32 Å². The summed E-state index contributed by atoms with van der Waals surface area (Å²) < 4.78 is 12.9. The Bertz CT molecular complexity index is 453. The Morgan fingerprint density at radius 1 is 1.39 bits per heavy atom. The van der Waals surface area contributed by atoms with E-state index in [1.807, 2.05) is 0 Å². The van der Waals surface area contributed by atoms with E-state index in [2.05, 4.69) is 5.32 Å². The second-order valence-electron chi connectivity index (χ2n) is 4.56. The van der Waals surface area contributed by atoms with Crippen molar-refractivity contribution in [3.63, 3.8) is 0 Å². The maximum absolute atomic E-state index is 12.9. The van der Waals surface area contributed by atoms with Crippen LogP contribution < -0.4 is 5.32 Å². The first kappa shape index (κ1) is 13.3. The van der Waals surface area contributed by atoms with Crippen molar-refractivity contribution < 1.29 is 14.3 Å². The number of aliphatic hydroxyl groups excluding tert-OH is 1. The summed E-state index contributed by atoms with van der Waals surface area (Å²) in [6.07, 6.45) is 2.90. The number of hydrogen-bond acceptors (Lipinski definition) is 2. The number of benzene rings is 1. The summed E-state index contributed by atoms with van der Waals surface area (Å²) in [6, 6.07) is 3.40. The minimum atomic E-state index is -0.512. The lowest BCUT2D eigenvalue weighted by Gasteiger charge is -2.28. The minimum absolute atomic E-state index is 0.0813. The Morgan fingerprint density at radius 3 is 2.78 bits per heavy atom. The molecule has 1 aromatic rings. The molecule has 3 nitrogen and oxygen atoms in total. The fourth-order valence-electron chi connectivity index (χ4n) is 2.20. The predicted molar refractivity (Wildman–Crippen MR) is 67.1 cm³/mol. The normalized spacial score (nSPS) is 23.7. The van der Waals surface area contributed by atoms with Crippen LogP contribution in [0.4, 0.5) is 4.39 Å². The molecule has 0 radical (unpaired) electrons. The molecule has 1 amide bonds. The first-order chi connectivity index (χ1) is 8.58. The standard InChI is InChI=1S/C13H15ClFNO2/c14-10-7-8(15)5-6-9(10)13(18)16-11-3-1-2-4-12(11)17/h5-7,11-12,17H,1-4H2,(H,16,18)/t11-,12-/m1/s1. The van der Waals surface area contributed by atoms with Crippen LogP contribution in [-0.4, -0.2) is 23.2 Å². The van der Waals surface area contributed by atoms with Crippen LogP contribution in [0.3, 0.4) is 0 Å². The molecular weight excluding hydrogens is 257 g/mol. The Morgan fingerprint density at radius 2 is 2.11 bits per heavy atom. The van der Waals surface area contributed by atoms with Gasteiger partial charge in [0.2, 0.25) is 0 Å². The molecule has 0 bridgehead atoms. The van der Waals surface area contributed by atoms with E-state index in [9.17, 15) is 14.3 Å². The van der Waals surface area contributed by atoms with Crippen molar-refractivity contribution >= 4 is 17.5 Å². The van der Waals surface area contributed by atoms with E-state index in [1.54, 1.807) is 0 Å². The van der Waals surface area contributed by atoms with E-state index in [0.717, 1.165) is 25.3 Å². The zero-order valence-electron chi connectivity index (χ0n) is 9.83. The van der Waals surface area contributed by atoms with Gasteiger partial charge in [-0.25, -0.2) is 4.39 Å². The third-order valence-electron chi connectivity index (χ3n) is 3.22. The third kappa shape index (κ3) is 3.00. The van der Waals surface area contributed by atoms with Gasteiger partial charge >= 0.3 is 0 Å². The first-order valence-corrected chi connectivity index (χ1v) is 6.39. The summed E-state index contributed by atoms with van der Waals surface area (Å²) >= 11 is 5.82. The van der Waals surface area contributed by atoms with Crippen LogP contribution in [0.1, 0.15) is 36.0 Å². The molecule has 1 saturated carbocycles. The van der Waals surface area contributed by atoms with Crippen molar-refractivity contribution in [2.45, 2.75) is 37.8 Å². The number of nitrogens with one attached hydrogen (secondary N) is 1. The topological polar surface area (TPSA) is 49.3 Å². The molecule has 0 saturated heterocycles. The van der Waals surface area contributed by atoms with Gasteiger partial charge in [-0.15, -0.1) is 0 Å². The highest BCUT2D eigenvalue weighted by Gasteiger charge is 2.25. The molecule has 1 aliphatic rings. The summed E-state index contributed by atoms with van der Waals surface area (Å²) in [5.41, 5.74) is 0.232. The molecule has 2 rings (SSSR count). The van der Waals surface area contributed by atoms with Gasteiger partial charge in [-0.1, -0.05) is 24.4 Å². The lowest BCUT2D eigenvalue weighted by Crippen LogP contribution is -2.45. The fraction of sp³-hybridized carbons (Fsp3) is 0.462. The maximum Gasteiger partial charge on any atom is 0.253 e. The molecule has 98 valence electrons. The van der Waals surface area contributed by atoms with Gasteiger partial charge in [0.15, 0.2) is 0 Å². The van der Waals surface area contributed by atoms with E-state index in [0.29, 0.717) is 6.42 Å². The largest absolute Gasteiger partial charge is 0.391 e. The van der Waals surface area contributed by atoms with Gasteiger partial charge in [0.05, 0.1) is 22.7 Å². The van der Waals surface area contributed by atoms with Gasteiger partial charge in [-0.2, -0.15) is 0 Å². The Labute approximate surface area is 110 Å². The molecule has 0 unspecified atom stereocenters. The second-order valence-corrected chi connectivity index (χ2v) is 4.96. The predicted octanol–water partition coefficient (Wildman–Crippen LogP) is 2.51. The van der Waals surface area contributed by atoms with Crippen LogP contribution in [0.25, 0.3) is 0 Å². The lowest BCUT2D eigenvalue weighted by atomic mass is 9.92. The number of rotatable bonds is 2. The number of carbonyl (C=O) groups is 1. The van der Waals surface area contributed by atoms with Gasteiger partial charge in [-0.3, -0.25) is 4.79 Å². The second kappa shape index (κ2) is 5.67. The number of amides is 1. The molecule has 1 aliphatic carbocycles. The SMILES string of the molecule is O=C(N[C@@H]1CCCC[C@H]1O)c1ccc(F)cc1Cl. The van der Waals surface area contributed by atoms with E-state index in [4.69, 9.17) is 11.6 Å². The average Bonchev–Trinajstić information content (AvgIpc) is 2.32. The van der Waals surface area contributed by atoms with Crippen molar-refractivity contribution in [3.05, 3.63) is 34.6 Å². The summed E-state index contributed by atoms with van der Waals surface area (Å²) in [6.45, 7) is 0. The maximum atomic E-state index is 12.9.